The highest BCUT2D eigenvalue weighted by Crippen LogP contribution is 2.44. The number of hydrogen-bond donors (Lipinski definition) is 1. The molecular weight excluding hydrogens is 356 g/mol. The van der Waals surface area contributed by atoms with E-state index in [1.54, 1.807) is 6.92 Å². The molecule has 1 aromatic rings. The minimum atomic E-state index is -4.15. The van der Waals surface area contributed by atoms with Gasteiger partial charge in [0.2, 0.25) is 0 Å². The van der Waals surface area contributed by atoms with Gasteiger partial charge in [-0.15, -0.1) is 0 Å². The number of morpholine rings is 1. The van der Waals surface area contributed by atoms with Crippen LogP contribution in [0.4, 0.5) is 0 Å². The quantitative estimate of drug-likeness (QED) is 0.752. The van der Waals surface area contributed by atoms with Crippen LogP contribution in [-0.2, 0) is 26.9 Å². The van der Waals surface area contributed by atoms with Gasteiger partial charge in [0.05, 0.1) is 13.2 Å². The Morgan fingerprint density at radius 3 is 2.62 bits per heavy atom. The minimum Gasteiger partial charge on any atom is -0.474 e. The predicted octanol–water partition coefficient (Wildman–Crippen LogP) is 1.68. The maximum atomic E-state index is 11.3. The molecule has 0 bridgehead atoms. The molecule has 8 heteroatoms. The first kappa shape index (κ1) is 19.6. The Hall–Kier alpha value is -1.19. The Morgan fingerprint density at radius 2 is 2.00 bits per heavy atom. The molecular formula is C18H28N2O5S. The van der Waals surface area contributed by atoms with Crippen LogP contribution in [0.25, 0.3) is 0 Å². The standard InChI is InChI=1S/C18H28N2O5S/c1-4-20(26(21,22)23)8-7-14-5-6-16-15(13-14)18(2,3)17(25-16)19-9-11-24-12-10-19/h5-6,13,17H,4,7-12H2,1-3H3,(H,21,22,23). The fourth-order valence-corrected chi connectivity index (χ4v) is 4.42. The second kappa shape index (κ2) is 7.44. The lowest BCUT2D eigenvalue weighted by molar-refractivity contribution is -0.0612. The average molecular weight is 384 g/mol. The summed E-state index contributed by atoms with van der Waals surface area (Å²) in [6.45, 7) is 9.72. The van der Waals surface area contributed by atoms with E-state index in [4.69, 9.17) is 9.47 Å². The zero-order valence-corrected chi connectivity index (χ0v) is 16.5. The van der Waals surface area contributed by atoms with Gasteiger partial charge in [0.15, 0.2) is 6.23 Å². The normalized spacial score (nSPS) is 23.0. The highest BCUT2D eigenvalue weighted by atomic mass is 32.2. The van der Waals surface area contributed by atoms with Gasteiger partial charge < -0.3 is 9.47 Å². The van der Waals surface area contributed by atoms with E-state index in [2.05, 4.69) is 24.8 Å². The van der Waals surface area contributed by atoms with Crippen LogP contribution in [0.2, 0.25) is 0 Å². The maximum Gasteiger partial charge on any atom is 0.335 e. The van der Waals surface area contributed by atoms with Gasteiger partial charge in [0.1, 0.15) is 5.75 Å². The van der Waals surface area contributed by atoms with E-state index in [0.717, 1.165) is 47.5 Å². The topological polar surface area (TPSA) is 79.3 Å². The van der Waals surface area contributed by atoms with Crippen molar-refractivity contribution >= 4 is 10.3 Å². The summed E-state index contributed by atoms with van der Waals surface area (Å²) >= 11 is 0. The third-order valence-corrected chi connectivity index (χ3v) is 6.39. The van der Waals surface area contributed by atoms with Crippen molar-refractivity contribution in [2.24, 2.45) is 0 Å². The fraction of sp³-hybridized carbons (Fsp3) is 0.667. The van der Waals surface area contributed by atoms with Crippen molar-refractivity contribution in [3.8, 4) is 5.75 Å². The number of likely N-dealkylation sites (N-methyl/N-ethyl adjacent to an activating group) is 1. The van der Waals surface area contributed by atoms with Crippen molar-refractivity contribution in [1.82, 2.24) is 9.21 Å². The summed E-state index contributed by atoms with van der Waals surface area (Å²) in [5, 5.41) is 0. The van der Waals surface area contributed by atoms with Crippen LogP contribution in [-0.4, -0.2) is 67.8 Å². The number of nitrogens with zero attached hydrogens (tertiary/aromatic N) is 2. The molecule has 0 aliphatic carbocycles. The first-order valence-electron chi connectivity index (χ1n) is 9.08. The molecule has 2 aliphatic heterocycles. The van der Waals surface area contributed by atoms with E-state index in [1.807, 2.05) is 12.1 Å². The minimum absolute atomic E-state index is 0.0263. The smallest absolute Gasteiger partial charge is 0.335 e. The predicted molar refractivity (Wildman–Crippen MR) is 98.8 cm³/mol. The van der Waals surface area contributed by atoms with Gasteiger partial charge >= 0.3 is 10.3 Å². The van der Waals surface area contributed by atoms with Crippen LogP contribution in [0.1, 0.15) is 31.9 Å². The van der Waals surface area contributed by atoms with Crippen molar-refractivity contribution in [1.29, 1.82) is 0 Å². The summed E-state index contributed by atoms with van der Waals surface area (Å²) in [5.74, 6) is 0.886. The zero-order valence-electron chi connectivity index (χ0n) is 15.6. The van der Waals surface area contributed by atoms with Crippen molar-refractivity contribution < 1.29 is 22.4 Å². The van der Waals surface area contributed by atoms with E-state index in [1.165, 1.54) is 0 Å². The lowest BCUT2D eigenvalue weighted by atomic mass is 9.82. The molecule has 1 atom stereocenters. The molecule has 2 heterocycles. The van der Waals surface area contributed by atoms with Crippen LogP contribution < -0.4 is 4.74 Å². The molecule has 1 aromatic carbocycles. The molecule has 146 valence electrons. The monoisotopic (exact) mass is 384 g/mol. The van der Waals surface area contributed by atoms with E-state index in [9.17, 15) is 13.0 Å². The summed E-state index contributed by atoms with van der Waals surface area (Å²) < 4.78 is 44.7. The molecule has 1 saturated heterocycles. The molecule has 0 amide bonds. The Bertz CT molecular complexity index is 744. The molecule has 26 heavy (non-hydrogen) atoms. The molecule has 0 spiro atoms. The second-order valence-electron chi connectivity index (χ2n) is 7.39. The first-order chi connectivity index (χ1) is 12.2. The summed E-state index contributed by atoms with van der Waals surface area (Å²) in [5.41, 5.74) is 2.00. The second-order valence-corrected chi connectivity index (χ2v) is 8.80. The summed E-state index contributed by atoms with van der Waals surface area (Å²) in [6.07, 6.45) is 0.515. The molecule has 0 radical (unpaired) electrons. The molecule has 1 N–H and O–H groups in total. The Kier molecular flexibility index (Phi) is 5.60. The van der Waals surface area contributed by atoms with Gasteiger partial charge in [-0.05, 0) is 18.1 Å². The number of benzene rings is 1. The first-order valence-corrected chi connectivity index (χ1v) is 10.5. The number of rotatable bonds is 6. The molecule has 3 rings (SSSR count). The summed E-state index contributed by atoms with van der Waals surface area (Å²) in [6, 6.07) is 6.04. The van der Waals surface area contributed by atoms with E-state index in [0.29, 0.717) is 6.42 Å². The molecule has 0 aromatic heterocycles. The Labute approximate surface area is 155 Å². The zero-order chi connectivity index (χ0) is 18.9. The molecule has 0 saturated carbocycles. The van der Waals surface area contributed by atoms with Crippen molar-refractivity contribution in [3.63, 3.8) is 0 Å². The molecule has 7 nitrogen and oxygen atoms in total. The van der Waals surface area contributed by atoms with Crippen LogP contribution in [0.5, 0.6) is 5.75 Å². The number of hydrogen-bond acceptors (Lipinski definition) is 5. The fourth-order valence-electron chi connectivity index (χ4n) is 3.77. The van der Waals surface area contributed by atoms with Gasteiger partial charge in [0.25, 0.3) is 0 Å². The third-order valence-electron chi connectivity index (χ3n) is 5.30. The maximum absolute atomic E-state index is 11.3. The van der Waals surface area contributed by atoms with E-state index < -0.39 is 10.3 Å². The van der Waals surface area contributed by atoms with Gasteiger partial charge in [-0.25, -0.2) is 0 Å². The van der Waals surface area contributed by atoms with Gasteiger partial charge in [-0.2, -0.15) is 12.7 Å². The van der Waals surface area contributed by atoms with E-state index in [-0.39, 0.29) is 24.7 Å². The highest BCUT2D eigenvalue weighted by Gasteiger charge is 2.45. The van der Waals surface area contributed by atoms with E-state index >= 15 is 0 Å². The largest absolute Gasteiger partial charge is 0.474 e. The van der Waals surface area contributed by atoms with Crippen molar-refractivity contribution in [2.45, 2.75) is 38.8 Å². The van der Waals surface area contributed by atoms with Gasteiger partial charge in [0, 0.05) is 37.2 Å². The Morgan fingerprint density at radius 1 is 1.31 bits per heavy atom. The summed E-state index contributed by atoms with van der Waals surface area (Å²) in [4.78, 5) is 2.32. The molecule has 2 aliphatic rings. The lowest BCUT2D eigenvalue weighted by Crippen LogP contribution is -2.52. The lowest BCUT2D eigenvalue weighted by Gasteiger charge is -2.38. The van der Waals surface area contributed by atoms with Crippen molar-refractivity contribution in [3.05, 3.63) is 29.3 Å². The summed E-state index contributed by atoms with van der Waals surface area (Å²) in [7, 11) is -4.15. The molecule has 1 unspecified atom stereocenters. The van der Waals surface area contributed by atoms with Gasteiger partial charge in [-0.3, -0.25) is 9.45 Å². The third kappa shape index (κ3) is 3.89. The number of fused-ring (bicyclic) bond motifs is 1. The molecule has 1 fully saturated rings. The van der Waals surface area contributed by atoms with Crippen LogP contribution in [0.3, 0.4) is 0 Å². The van der Waals surface area contributed by atoms with Crippen LogP contribution in [0.15, 0.2) is 18.2 Å². The van der Waals surface area contributed by atoms with Crippen LogP contribution in [0, 0.1) is 0 Å². The highest BCUT2D eigenvalue weighted by molar-refractivity contribution is 7.83. The SMILES string of the molecule is CCN(CCc1ccc2c(c1)C(C)(C)C(N1CCOCC1)O2)S(=O)(=O)O. The average Bonchev–Trinajstić information content (AvgIpc) is 2.86. The van der Waals surface area contributed by atoms with Gasteiger partial charge in [-0.1, -0.05) is 32.9 Å². The van der Waals surface area contributed by atoms with Crippen molar-refractivity contribution in [2.75, 3.05) is 39.4 Å². The number of ether oxygens (including phenoxy) is 2. The van der Waals surface area contributed by atoms with Crippen LogP contribution >= 0.6 is 0 Å². The Balaban J connectivity index is 1.75.